The molecule has 2 amide bonds. The van der Waals surface area contributed by atoms with Crippen LogP contribution in [-0.2, 0) is 16.1 Å². The van der Waals surface area contributed by atoms with Gasteiger partial charge in [-0.2, -0.15) is 0 Å². The number of amides is 2. The van der Waals surface area contributed by atoms with Gasteiger partial charge in [-0.3, -0.25) is 9.59 Å². The normalized spacial score (nSPS) is 11.0. The molecule has 0 heterocycles. The number of hydrogen-bond donors (Lipinski definition) is 2. The third-order valence-electron chi connectivity index (χ3n) is 3.16. The highest BCUT2D eigenvalue weighted by Gasteiger charge is 2.12. The molecule has 2 aromatic rings. The van der Waals surface area contributed by atoms with Crippen molar-refractivity contribution in [1.29, 1.82) is 0 Å². The van der Waals surface area contributed by atoms with Gasteiger partial charge in [-0.15, -0.1) is 0 Å². The first-order valence-electron chi connectivity index (χ1n) is 7.23. The van der Waals surface area contributed by atoms with Gasteiger partial charge in [0.15, 0.2) is 0 Å². The van der Waals surface area contributed by atoms with Crippen LogP contribution in [0.3, 0.4) is 0 Å². The van der Waals surface area contributed by atoms with Gasteiger partial charge in [0.1, 0.15) is 5.70 Å². The number of carbonyl (C=O) groups is 2. The molecule has 0 atom stereocenters. The van der Waals surface area contributed by atoms with E-state index < -0.39 is 0 Å². The minimum Gasteiger partial charge on any atom is -0.347 e. The van der Waals surface area contributed by atoms with Crippen molar-refractivity contribution < 1.29 is 9.59 Å². The summed E-state index contributed by atoms with van der Waals surface area (Å²) in [5.41, 5.74) is 1.76. The Morgan fingerprint density at radius 3 is 2.46 bits per heavy atom. The third-order valence-corrected chi connectivity index (χ3v) is 4.25. The maximum absolute atomic E-state index is 12.4. The maximum atomic E-state index is 12.4. The molecule has 6 heteroatoms. The summed E-state index contributed by atoms with van der Waals surface area (Å²) < 4.78 is 0.826. The summed E-state index contributed by atoms with van der Waals surface area (Å²) >= 11 is 9.50. The van der Waals surface area contributed by atoms with Crippen molar-refractivity contribution in [3.05, 3.63) is 74.9 Å². The van der Waals surface area contributed by atoms with Crippen LogP contribution < -0.4 is 10.6 Å². The molecular weight excluding hydrogens is 392 g/mol. The lowest BCUT2D eigenvalue weighted by atomic mass is 10.1. The monoisotopic (exact) mass is 406 g/mol. The lowest BCUT2D eigenvalue weighted by Crippen LogP contribution is -2.33. The first-order valence-corrected chi connectivity index (χ1v) is 8.40. The summed E-state index contributed by atoms with van der Waals surface area (Å²) in [5, 5.41) is 5.90. The fourth-order valence-corrected chi connectivity index (χ4v) is 2.61. The fraction of sp³-hybridized carbons (Fsp3) is 0.111. The number of rotatable bonds is 5. The Kier molecular flexibility index (Phi) is 6.58. The van der Waals surface area contributed by atoms with E-state index in [2.05, 4.69) is 26.6 Å². The van der Waals surface area contributed by atoms with E-state index in [1.165, 1.54) is 6.92 Å². The molecule has 2 rings (SSSR count). The van der Waals surface area contributed by atoms with E-state index >= 15 is 0 Å². The molecule has 0 spiro atoms. The van der Waals surface area contributed by atoms with E-state index in [0.717, 1.165) is 15.6 Å². The van der Waals surface area contributed by atoms with Crippen molar-refractivity contribution in [1.82, 2.24) is 10.6 Å². The van der Waals surface area contributed by atoms with E-state index in [0.29, 0.717) is 5.02 Å². The van der Waals surface area contributed by atoms with Crippen molar-refractivity contribution in [3.63, 3.8) is 0 Å². The van der Waals surface area contributed by atoms with Crippen LogP contribution in [0, 0.1) is 0 Å². The zero-order valence-corrected chi connectivity index (χ0v) is 15.3. The summed E-state index contributed by atoms with van der Waals surface area (Å²) in [4.78, 5) is 23.8. The maximum Gasteiger partial charge on any atom is 0.268 e. The van der Waals surface area contributed by atoms with Crippen molar-refractivity contribution in [2.75, 3.05) is 0 Å². The number of halogens is 2. The highest BCUT2D eigenvalue weighted by atomic mass is 79.9. The quantitative estimate of drug-likeness (QED) is 0.739. The molecule has 2 N–H and O–H groups in total. The Balaban J connectivity index is 2.18. The lowest BCUT2D eigenvalue weighted by molar-refractivity contribution is -0.122. The molecule has 0 fully saturated rings. The molecule has 0 aliphatic rings. The molecule has 0 saturated carbocycles. The van der Waals surface area contributed by atoms with Gasteiger partial charge in [0.05, 0.1) is 0 Å². The average Bonchev–Trinajstić information content (AvgIpc) is 2.55. The molecule has 0 aromatic heterocycles. The van der Waals surface area contributed by atoms with E-state index in [9.17, 15) is 9.59 Å². The van der Waals surface area contributed by atoms with Gasteiger partial charge >= 0.3 is 0 Å². The predicted molar refractivity (Wildman–Crippen MR) is 99.2 cm³/mol. The summed E-state index contributed by atoms with van der Waals surface area (Å²) in [6.45, 7) is 1.63. The first-order chi connectivity index (χ1) is 11.5. The van der Waals surface area contributed by atoms with Crippen molar-refractivity contribution in [2.45, 2.75) is 13.5 Å². The standard InChI is InChI=1S/C18H16BrClN2O2/c1-12(23)22-17(10-13-6-2-4-8-15(13)19)18(24)21-11-14-7-3-5-9-16(14)20/h2-10H,11H2,1H3,(H,21,24)(H,22,23)/b17-10+. The van der Waals surface area contributed by atoms with Crippen LogP contribution in [0.25, 0.3) is 6.08 Å². The minimum absolute atomic E-state index is 0.168. The molecular formula is C18H16BrClN2O2. The second kappa shape index (κ2) is 8.66. The molecule has 0 aliphatic carbocycles. The second-order valence-electron chi connectivity index (χ2n) is 5.03. The van der Waals surface area contributed by atoms with E-state index in [1.54, 1.807) is 12.1 Å². The van der Waals surface area contributed by atoms with E-state index in [1.807, 2.05) is 42.5 Å². The molecule has 4 nitrogen and oxygen atoms in total. The second-order valence-corrected chi connectivity index (χ2v) is 6.30. The number of hydrogen-bond acceptors (Lipinski definition) is 2. The van der Waals surface area contributed by atoms with Gasteiger partial charge < -0.3 is 10.6 Å². The van der Waals surface area contributed by atoms with E-state index in [-0.39, 0.29) is 24.1 Å². The highest BCUT2D eigenvalue weighted by molar-refractivity contribution is 9.10. The number of carbonyl (C=O) groups excluding carboxylic acids is 2. The summed E-state index contributed by atoms with van der Waals surface area (Å²) in [7, 11) is 0. The zero-order chi connectivity index (χ0) is 17.5. The van der Waals surface area contributed by atoms with Crippen LogP contribution in [-0.4, -0.2) is 11.8 Å². The number of benzene rings is 2. The lowest BCUT2D eigenvalue weighted by Gasteiger charge is -2.11. The van der Waals surface area contributed by atoms with Crippen LogP contribution in [0.5, 0.6) is 0 Å². The largest absolute Gasteiger partial charge is 0.347 e. The molecule has 0 bridgehead atoms. The predicted octanol–water partition coefficient (Wildman–Crippen LogP) is 3.90. The Morgan fingerprint density at radius 1 is 1.12 bits per heavy atom. The smallest absolute Gasteiger partial charge is 0.268 e. The first kappa shape index (κ1) is 18.2. The van der Waals surface area contributed by atoms with Crippen LogP contribution in [0.15, 0.2) is 58.7 Å². The van der Waals surface area contributed by atoms with E-state index in [4.69, 9.17) is 11.6 Å². The van der Waals surface area contributed by atoms with Crippen LogP contribution in [0.1, 0.15) is 18.1 Å². The van der Waals surface area contributed by atoms with Gasteiger partial charge in [-0.25, -0.2) is 0 Å². The van der Waals surface area contributed by atoms with Gasteiger partial charge in [0.25, 0.3) is 5.91 Å². The topological polar surface area (TPSA) is 58.2 Å². The Morgan fingerprint density at radius 2 is 1.79 bits per heavy atom. The molecule has 2 aromatic carbocycles. The molecule has 0 unspecified atom stereocenters. The zero-order valence-electron chi connectivity index (χ0n) is 13.0. The van der Waals surface area contributed by atoms with Crippen molar-refractivity contribution in [3.8, 4) is 0 Å². The van der Waals surface area contributed by atoms with Crippen LogP contribution in [0.2, 0.25) is 5.02 Å². The highest BCUT2D eigenvalue weighted by Crippen LogP contribution is 2.19. The molecule has 24 heavy (non-hydrogen) atoms. The summed E-state index contributed by atoms with van der Waals surface area (Å²) in [5.74, 6) is -0.706. The molecule has 0 radical (unpaired) electrons. The Hall–Kier alpha value is -2.11. The Labute approximate surface area is 154 Å². The minimum atomic E-state index is -0.388. The van der Waals surface area contributed by atoms with Gasteiger partial charge in [-0.1, -0.05) is 63.9 Å². The van der Waals surface area contributed by atoms with Crippen molar-refractivity contribution >= 4 is 45.4 Å². The fourth-order valence-electron chi connectivity index (χ4n) is 2.01. The van der Waals surface area contributed by atoms with Gasteiger partial charge in [0, 0.05) is 23.0 Å². The summed E-state index contributed by atoms with van der Waals surface area (Å²) in [6, 6.07) is 14.7. The third kappa shape index (κ3) is 5.22. The Bertz CT molecular complexity index is 790. The summed E-state index contributed by atoms with van der Waals surface area (Å²) in [6.07, 6.45) is 1.62. The SMILES string of the molecule is CC(=O)N/C(=C/c1ccccc1Br)C(=O)NCc1ccccc1Cl. The molecule has 0 aliphatic heterocycles. The van der Waals surface area contributed by atoms with Gasteiger partial charge in [0.2, 0.25) is 5.91 Å². The average molecular weight is 408 g/mol. The molecule has 0 saturated heterocycles. The van der Waals surface area contributed by atoms with Gasteiger partial charge in [-0.05, 0) is 29.3 Å². The molecule has 124 valence electrons. The van der Waals surface area contributed by atoms with Crippen LogP contribution in [0.4, 0.5) is 0 Å². The number of nitrogens with one attached hydrogen (secondary N) is 2. The van der Waals surface area contributed by atoms with Crippen molar-refractivity contribution in [2.24, 2.45) is 0 Å². The van der Waals surface area contributed by atoms with Crippen LogP contribution >= 0.6 is 27.5 Å².